The number of benzene rings is 2. The summed E-state index contributed by atoms with van der Waals surface area (Å²) in [5.41, 5.74) is 3.23. The smallest absolute Gasteiger partial charge is 0.243 e. The van der Waals surface area contributed by atoms with E-state index in [4.69, 9.17) is 11.6 Å². The number of nitrogens with one attached hydrogen (secondary N) is 1. The van der Waals surface area contributed by atoms with Gasteiger partial charge in [0, 0.05) is 23.4 Å². The fourth-order valence-corrected chi connectivity index (χ4v) is 5.50. The van der Waals surface area contributed by atoms with Crippen LogP contribution in [0.15, 0.2) is 48.5 Å². The molecule has 0 radical (unpaired) electrons. The second-order valence-corrected chi connectivity index (χ2v) is 10.3. The number of carbonyl (C=O) groups excluding carboxylic acids is 2. The molecule has 0 aromatic heterocycles. The van der Waals surface area contributed by atoms with E-state index in [1.165, 1.54) is 23.7 Å². The minimum Gasteiger partial charge on any atom is -0.352 e. The van der Waals surface area contributed by atoms with E-state index in [1.54, 1.807) is 4.90 Å². The predicted octanol–water partition coefficient (Wildman–Crippen LogP) is 6.14. The van der Waals surface area contributed by atoms with Crippen molar-refractivity contribution in [1.29, 1.82) is 0 Å². The first kappa shape index (κ1) is 25.6. The van der Waals surface area contributed by atoms with Crippen LogP contribution in [0.4, 0.5) is 0 Å². The van der Waals surface area contributed by atoms with Gasteiger partial charge in [0.05, 0.1) is 5.75 Å². The zero-order chi connectivity index (χ0) is 23.6. The highest BCUT2D eigenvalue weighted by Gasteiger charge is 2.30. The summed E-state index contributed by atoms with van der Waals surface area (Å²) < 4.78 is 0. The van der Waals surface area contributed by atoms with Crippen molar-refractivity contribution >= 4 is 35.2 Å². The number of rotatable bonds is 10. The molecule has 1 aliphatic rings. The van der Waals surface area contributed by atoms with Crippen molar-refractivity contribution in [2.75, 3.05) is 5.75 Å². The molecule has 1 aliphatic carbocycles. The number of carbonyl (C=O) groups is 2. The molecular formula is C27H35ClN2O2S. The summed E-state index contributed by atoms with van der Waals surface area (Å²) in [7, 11) is 0. The monoisotopic (exact) mass is 486 g/mol. The van der Waals surface area contributed by atoms with Gasteiger partial charge in [-0.25, -0.2) is 0 Å². The third kappa shape index (κ3) is 7.79. The van der Waals surface area contributed by atoms with Crippen LogP contribution in [-0.4, -0.2) is 34.6 Å². The maximum atomic E-state index is 13.4. The van der Waals surface area contributed by atoms with Crippen LogP contribution in [-0.2, 0) is 21.9 Å². The number of hydrogen-bond acceptors (Lipinski definition) is 3. The molecule has 1 unspecified atom stereocenters. The second kappa shape index (κ2) is 13.0. The summed E-state index contributed by atoms with van der Waals surface area (Å²) in [5.74, 6) is 0.929. The molecule has 178 valence electrons. The fourth-order valence-electron chi connectivity index (χ4n) is 4.30. The highest BCUT2D eigenvalue weighted by Crippen LogP contribution is 2.23. The van der Waals surface area contributed by atoms with Crippen LogP contribution >= 0.6 is 23.4 Å². The lowest BCUT2D eigenvalue weighted by atomic mass is 9.95. The fraction of sp³-hybridized carbons (Fsp3) is 0.481. The number of aryl methyl sites for hydroxylation is 1. The molecule has 0 aliphatic heterocycles. The van der Waals surface area contributed by atoms with Gasteiger partial charge in [-0.3, -0.25) is 9.59 Å². The molecule has 0 saturated heterocycles. The molecule has 0 spiro atoms. The minimum atomic E-state index is -0.471. The number of amides is 2. The molecule has 6 heteroatoms. The molecule has 0 bridgehead atoms. The van der Waals surface area contributed by atoms with Crippen molar-refractivity contribution in [1.82, 2.24) is 10.2 Å². The number of nitrogens with zero attached hydrogens (tertiary/aromatic N) is 1. The Kier molecular flexibility index (Phi) is 10.1. The van der Waals surface area contributed by atoms with Crippen molar-refractivity contribution in [3.8, 4) is 0 Å². The average Bonchev–Trinajstić information content (AvgIpc) is 2.82. The van der Waals surface area contributed by atoms with Crippen LogP contribution in [0.1, 0.15) is 62.1 Å². The molecule has 1 fully saturated rings. The SMILES string of the molecule is CCC(C(=O)NC1CCCCC1)N(Cc1ccc(C)cc1)C(=O)CSCc1ccccc1Cl. The summed E-state index contributed by atoms with van der Waals surface area (Å²) in [4.78, 5) is 28.4. The van der Waals surface area contributed by atoms with Gasteiger partial charge in [-0.2, -0.15) is 0 Å². The van der Waals surface area contributed by atoms with Crippen molar-refractivity contribution in [2.24, 2.45) is 0 Å². The van der Waals surface area contributed by atoms with E-state index in [0.717, 1.165) is 36.8 Å². The highest BCUT2D eigenvalue weighted by atomic mass is 35.5. The van der Waals surface area contributed by atoms with Crippen molar-refractivity contribution in [3.63, 3.8) is 0 Å². The topological polar surface area (TPSA) is 49.4 Å². The van der Waals surface area contributed by atoms with E-state index in [2.05, 4.69) is 5.32 Å². The highest BCUT2D eigenvalue weighted by molar-refractivity contribution is 7.99. The Labute approximate surface area is 207 Å². The summed E-state index contributed by atoms with van der Waals surface area (Å²) in [6.45, 7) is 4.46. The molecule has 2 amide bonds. The predicted molar refractivity (Wildman–Crippen MR) is 138 cm³/mol. The Morgan fingerprint density at radius 3 is 2.45 bits per heavy atom. The van der Waals surface area contributed by atoms with Gasteiger partial charge in [0.1, 0.15) is 6.04 Å². The van der Waals surface area contributed by atoms with Crippen LogP contribution in [0.5, 0.6) is 0 Å². The first-order valence-corrected chi connectivity index (χ1v) is 13.5. The van der Waals surface area contributed by atoms with Gasteiger partial charge in [-0.05, 0) is 43.4 Å². The van der Waals surface area contributed by atoms with Gasteiger partial charge in [0.25, 0.3) is 0 Å². The molecule has 1 atom stereocenters. The number of hydrogen-bond donors (Lipinski definition) is 1. The number of thioether (sulfide) groups is 1. The molecular weight excluding hydrogens is 452 g/mol. The Morgan fingerprint density at radius 1 is 1.09 bits per heavy atom. The summed E-state index contributed by atoms with van der Waals surface area (Å²) >= 11 is 7.81. The molecule has 0 heterocycles. The second-order valence-electron chi connectivity index (χ2n) is 8.86. The maximum absolute atomic E-state index is 13.4. The van der Waals surface area contributed by atoms with E-state index < -0.39 is 6.04 Å². The Hall–Kier alpha value is -1.98. The lowest BCUT2D eigenvalue weighted by Gasteiger charge is -2.32. The first-order chi connectivity index (χ1) is 16.0. The van der Waals surface area contributed by atoms with Crippen molar-refractivity contribution in [2.45, 2.75) is 76.8 Å². The van der Waals surface area contributed by atoms with Crippen LogP contribution in [0, 0.1) is 6.92 Å². The standard InChI is InChI=1S/C27H35ClN2O2S/c1-3-25(27(32)29-23-10-5-4-6-11-23)30(17-21-15-13-20(2)14-16-21)26(31)19-33-18-22-9-7-8-12-24(22)28/h7-9,12-16,23,25H,3-6,10-11,17-19H2,1-2H3,(H,29,32). The minimum absolute atomic E-state index is 0.0155. The van der Waals surface area contributed by atoms with Crippen LogP contribution in [0.2, 0.25) is 5.02 Å². The van der Waals surface area contributed by atoms with Crippen LogP contribution in [0.25, 0.3) is 0 Å². The average molecular weight is 487 g/mol. The van der Waals surface area contributed by atoms with E-state index in [-0.39, 0.29) is 17.9 Å². The van der Waals surface area contributed by atoms with Crippen molar-refractivity contribution in [3.05, 3.63) is 70.2 Å². The lowest BCUT2D eigenvalue weighted by molar-refractivity contribution is -0.139. The molecule has 1 N–H and O–H groups in total. The molecule has 3 rings (SSSR count). The Balaban J connectivity index is 1.70. The molecule has 4 nitrogen and oxygen atoms in total. The normalized spacial score (nSPS) is 15.1. The van der Waals surface area contributed by atoms with E-state index >= 15 is 0 Å². The van der Waals surface area contributed by atoms with E-state index in [9.17, 15) is 9.59 Å². The van der Waals surface area contributed by atoms with Crippen molar-refractivity contribution < 1.29 is 9.59 Å². The van der Waals surface area contributed by atoms with E-state index in [1.807, 2.05) is 62.4 Å². The third-order valence-corrected chi connectivity index (χ3v) is 7.59. The largest absolute Gasteiger partial charge is 0.352 e. The van der Waals surface area contributed by atoms with E-state index in [0.29, 0.717) is 29.5 Å². The zero-order valence-corrected chi connectivity index (χ0v) is 21.3. The summed E-state index contributed by atoms with van der Waals surface area (Å²) in [6, 6.07) is 15.6. The molecule has 1 saturated carbocycles. The first-order valence-electron chi connectivity index (χ1n) is 11.9. The van der Waals surface area contributed by atoms with Gasteiger partial charge in [-0.15, -0.1) is 11.8 Å². The maximum Gasteiger partial charge on any atom is 0.243 e. The van der Waals surface area contributed by atoms with Gasteiger partial charge >= 0.3 is 0 Å². The van der Waals surface area contributed by atoms with Gasteiger partial charge in [0.15, 0.2) is 0 Å². The van der Waals surface area contributed by atoms with Crippen LogP contribution in [0.3, 0.4) is 0 Å². The quantitative estimate of drug-likeness (QED) is 0.439. The summed E-state index contributed by atoms with van der Waals surface area (Å²) in [5, 5.41) is 3.95. The Bertz CT molecular complexity index is 913. The third-order valence-electron chi connectivity index (χ3n) is 6.25. The van der Waals surface area contributed by atoms with Gasteiger partial charge in [-0.1, -0.05) is 85.8 Å². The van der Waals surface area contributed by atoms with Crippen LogP contribution < -0.4 is 5.32 Å². The lowest BCUT2D eigenvalue weighted by Crippen LogP contribution is -2.52. The molecule has 33 heavy (non-hydrogen) atoms. The van der Waals surface area contributed by atoms with Gasteiger partial charge in [0.2, 0.25) is 11.8 Å². The Morgan fingerprint density at radius 2 is 1.79 bits per heavy atom. The summed E-state index contributed by atoms with van der Waals surface area (Å²) in [6.07, 6.45) is 6.21. The number of halogens is 1. The van der Waals surface area contributed by atoms with Gasteiger partial charge < -0.3 is 10.2 Å². The molecule has 2 aromatic rings. The molecule has 2 aromatic carbocycles. The zero-order valence-electron chi connectivity index (χ0n) is 19.7.